The maximum absolute atomic E-state index is 12.9. The molecule has 0 spiro atoms. The Balaban J connectivity index is 2.07. The van der Waals surface area contributed by atoms with Crippen LogP contribution in [-0.2, 0) is 11.2 Å². The van der Waals surface area contributed by atoms with Crippen LogP contribution in [-0.4, -0.2) is 19.3 Å². The molecule has 1 aromatic carbocycles. The first-order valence-electron chi connectivity index (χ1n) is 5.44. The number of hydrogen-bond acceptors (Lipinski definition) is 2. The third-order valence-electron chi connectivity index (χ3n) is 3.03. The van der Waals surface area contributed by atoms with Gasteiger partial charge < -0.3 is 10.5 Å². The second kappa shape index (κ2) is 5.25. The fourth-order valence-corrected chi connectivity index (χ4v) is 2.51. The van der Waals surface area contributed by atoms with Crippen LogP contribution in [0.1, 0.15) is 12.0 Å². The summed E-state index contributed by atoms with van der Waals surface area (Å²) in [6.07, 6.45) is 1.74. The summed E-state index contributed by atoms with van der Waals surface area (Å²) < 4.78 is 19.2. The third kappa shape index (κ3) is 2.81. The molecular formula is C12H15BrFNO. The lowest BCUT2D eigenvalue weighted by Gasteiger charge is -2.28. The SMILES string of the molecule is NC1CCOCC1Cc1ccc(F)cc1Br. The highest BCUT2D eigenvalue weighted by Crippen LogP contribution is 2.24. The van der Waals surface area contributed by atoms with Gasteiger partial charge in [-0.3, -0.25) is 0 Å². The van der Waals surface area contributed by atoms with Gasteiger partial charge in [0, 0.05) is 23.0 Å². The van der Waals surface area contributed by atoms with Crippen LogP contribution in [0.4, 0.5) is 4.39 Å². The molecule has 88 valence electrons. The van der Waals surface area contributed by atoms with Crippen LogP contribution in [0.25, 0.3) is 0 Å². The summed E-state index contributed by atoms with van der Waals surface area (Å²) in [7, 11) is 0. The summed E-state index contributed by atoms with van der Waals surface area (Å²) in [4.78, 5) is 0. The fourth-order valence-electron chi connectivity index (χ4n) is 1.99. The summed E-state index contributed by atoms with van der Waals surface area (Å²) in [6, 6.07) is 4.96. The highest BCUT2D eigenvalue weighted by atomic mass is 79.9. The van der Waals surface area contributed by atoms with E-state index >= 15 is 0 Å². The van der Waals surface area contributed by atoms with E-state index in [2.05, 4.69) is 15.9 Å². The lowest BCUT2D eigenvalue weighted by Crippen LogP contribution is -2.39. The second-order valence-corrected chi connectivity index (χ2v) is 5.08. The molecule has 0 bridgehead atoms. The van der Waals surface area contributed by atoms with Crippen LogP contribution in [0.2, 0.25) is 0 Å². The van der Waals surface area contributed by atoms with Crippen molar-refractivity contribution >= 4 is 15.9 Å². The lowest BCUT2D eigenvalue weighted by molar-refractivity contribution is 0.0422. The largest absolute Gasteiger partial charge is 0.381 e. The molecule has 1 fully saturated rings. The van der Waals surface area contributed by atoms with E-state index in [1.165, 1.54) is 12.1 Å². The highest BCUT2D eigenvalue weighted by Gasteiger charge is 2.23. The zero-order valence-corrected chi connectivity index (χ0v) is 10.5. The molecule has 2 atom stereocenters. The van der Waals surface area contributed by atoms with Crippen molar-refractivity contribution in [2.24, 2.45) is 11.7 Å². The van der Waals surface area contributed by atoms with E-state index in [-0.39, 0.29) is 11.9 Å². The van der Waals surface area contributed by atoms with Gasteiger partial charge in [0.15, 0.2) is 0 Å². The maximum Gasteiger partial charge on any atom is 0.124 e. The minimum absolute atomic E-state index is 0.186. The number of nitrogens with two attached hydrogens (primary N) is 1. The van der Waals surface area contributed by atoms with Crippen LogP contribution in [0.15, 0.2) is 22.7 Å². The fraction of sp³-hybridized carbons (Fsp3) is 0.500. The van der Waals surface area contributed by atoms with Crippen molar-refractivity contribution in [3.05, 3.63) is 34.1 Å². The molecule has 1 saturated heterocycles. The van der Waals surface area contributed by atoms with Gasteiger partial charge in [-0.15, -0.1) is 0 Å². The van der Waals surface area contributed by atoms with Crippen molar-refractivity contribution in [1.82, 2.24) is 0 Å². The van der Waals surface area contributed by atoms with Crippen molar-refractivity contribution in [2.75, 3.05) is 13.2 Å². The van der Waals surface area contributed by atoms with Gasteiger partial charge in [0.05, 0.1) is 6.61 Å². The molecule has 0 saturated carbocycles. The summed E-state index contributed by atoms with van der Waals surface area (Å²) in [5.41, 5.74) is 7.13. The van der Waals surface area contributed by atoms with Gasteiger partial charge in [0.2, 0.25) is 0 Å². The number of hydrogen-bond donors (Lipinski definition) is 1. The predicted molar refractivity (Wildman–Crippen MR) is 64.7 cm³/mol. The first-order chi connectivity index (χ1) is 7.66. The minimum Gasteiger partial charge on any atom is -0.381 e. The molecule has 1 aliphatic rings. The van der Waals surface area contributed by atoms with E-state index in [0.717, 1.165) is 29.5 Å². The number of ether oxygens (including phenoxy) is 1. The number of halogens is 2. The average molecular weight is 288 g/mol. The maximum atomic E-state index is 12.9. The Labute approximate surface area is 103 Å². The smallest absolute Gasteiger partial charge is 0.124 e. The molecule has 1 aliphatic heterocycles. The Kier molecular flexibility index (Phi) is 3.95. The average Bonchev–Trinajstić information content (AvgIpc) is 2.25. The Morgan fingerprint density at radius 1 is 1.50 bits per heavy atom. The molecule has 16 heavy (non-hydrogen) atoms. The minimum atomic E-state index is -0.222. The summed E-state index contributed by atoms with van der Waals surface area (Å²) in [6.45, 7) is 1.45. The predicted octanol–water partition coefficient (Wildman–Crippen LogP) is 2.49. The quantitative estimate of drug-likeness (QED) is 0.907. The Morgan fingerprint density at radius 2 is 2.31 bits per heavy atom. The van der Waals surface area contributed by atoms with Crippen molar-refractivity contribution < 1.29 is 9.13 Å². The molecule has 1 aromatic rings. The molecule has 2 nitrogen and oxygen atoms in total. The lowest BCUT2D eigenvalue weighted by atomic mass is 9.90. The van der Waals surface area contributed by atoms with E-state index in [1.54, 1.807) is 6.07 Å². The van der Waals surface area contributed by atoms with Gasteiger partial charge in [0.25, 0.3) is 0 Å². The topological polar surface area (TPSA) is 35.2 Å². The summed E-state index contributed by atoms with van der Waals surface area (Å²) in [5.74, 6) is 0.107. The standard InChI is InChI=1S/C12H15BrFNO/c13-11-6-10(14)2-1-8(11)5-9-7-16-4-3-12(9)15/h1-2,6,9,12H,3-5,7,15H2. The summed E-state index contributed by atoms with van der Waals surface area (Å²) >= 11 is 3.37. The second-order valence-electron chi connectivity index (χ2n) is 4.23. The third-order valence-corrected chi connectivity index (χ3v) is 3.77. The monoisotopic (exact) mass is 287 g/mol. The van der Waals surface area contributed by atoms with Crippen LogP contribution >= 0.6 is 15.9 Å². The van der Waals surface area contributed by atoms with Crippen molar-refractivity contribution in [1.29, 1.82) is 0 Å². The zero-order valence-electron chi connectivity index (χ0n) is 8.96. The van der Waals surface area contributed by atoms with E-state index < -0.39 is 0 Å². The van der Waals surface area contributed by atoms with Gasteiger partial charge in [-0.2, -0.15) is 0 Å². The molecule has 1 heterocycles. The Morgan fingerprint density at radius 3 is 3.00 bits per heavy atom. The van der Waals surface area contributed by atoms with E-state index in [4.69, 9.17) is 10.5 Å². The van der Waals surface area contributed by atoms with Crippen LogP contribution in [0.5, 0.6) is 0 Å². The molecule has 0 radical (unpaired) electrons. The van der Waals surface area contributed by atoms with E-state index in [0.29, 0.717) is 12.5 Å². The summed E-state index contributed by atoms with van der Waals surface area (Å²) in [5, 5.41) is 0. The molecule has 0 aliphatic carbocycles. The zero-order chi connectivity index (χ0) is 11.5. The molecule has 2 rings (SSSR count). The van der Waals surface area contributed by atoms with Crippen LogP contribution in [0.3, 0.4) is 0 Å². The molecule has 2 unspecified atom stereocenters. The van der Waals surface area contributed by atoms with Crippen LogP contribution in [0, 0.1) is 11.7 Å². The molecule has 0 aromatic heterocycles. The molecule has 0 amide bonds. The number of benzene rings is 1. The molecular weight excluding hydrogens is 273 g/mol. The Bertz CT molecular complexity index is 372. The van der Waals surface area contributed by atoms with E-state index in [1.807, 2.05) is 0 Å². The van der Waals surface area contributed by atoms with Crippen molar-refractivity contribution in [3.63, 3.8) is 0 Å². The van der Waals surface area contributed by atoms with E-state index in [9.17, 15) is 4.39 Å². The first-order valence-corrected chi connectivity index (χ1v) is 6.23. The van der Waals surface area contributed by atoms with Gasteiger partial charge in [0.1, 0.15) is 5.82 Å². The van der Waals surface area contributed by atoms with Crippen molar-refractivity contribution in [2.45, 2.75) is 18.9 Å². The van der Waals surface area contributed by atoms with Crippen molar-refractivity contribution in [3.8, 4) is 0 Å². The Hall–Kier alpha value is -0.450. The van der Waals surface area contributed by atoms with Crippen LogP contribution < -0.4 is 5.73 Å². The molecule has 2 N–H and O–H groups in total. The highest BCUT2D eigenvalue weighted by molar-refractivity contribution is 9.10. The molecule has 4 heteroatoms. The van der Waals surface area contributed by atoms with Gasteiger partial charge in [-0.1, -0.05) is 22.0 Å². The van der Waals surface area contributed by atoms with Gasteiger partial charge >= 0.3 is 0 Å². The van der Waals surface area contributed by atoms with Gasteiger partial charge in [-0.05, 0) is 30.5 Å². The number of rotatable bonds is 2. The van der Waals surface area contributed by atoms with Gasteiger partial charge in [-0.25, -0.2) is 4.39 Å². The first kappa shape index (κ1) is 12.0. The normalized spacial score (nSPS) is 25.7.